The molecule has 21 nitrogen and oxygen atoms in total. The molecule has 96 heavy (non-hydrogen) atoms. The van der Waals surface area contributed by atoms with E-state index in [1.807, 2.05) is 77.5 Å². The zero-order valence-corrected chi connectivity index (χ0v) is 54.6. The van der Waals surface area contributed by atoms with Crippen LogP contribution in [0.25, 0.3) is 100 Å². The number of imidazole rings is 3. The van der Waals surface area contributed by atoms with Crippen LogP contribution in [0.4, 0.5) is 26.2 Å². The van der Waals surface area contributed by atoms with Crippen molar-refractivity contribution in [2.24, 2.45) is 0 Å². The Bertz CT molecular complexity index is 4670. The van der Waals surface area contributed by atoms with Crippen LogP contribution in [0.3, 0.4) is 0 Å². The van der Waals surface area contributed by atoms with E-state index in [2.05, 4.69) is 172 Å². The van der Waals surface area contributed by atoms with Gasteiger partial charge < -0.3 is 44.6 Å². The summed E-state index contributed by atoms with van der Waals surface area (Å²) in [5.41, 5.74) is 14.7. The third kappa shape index (κ3) is 13.5. The van der Waals surface area contributed by atoms with Gasteiger partial charge in [-0.1, -0.05) is 75.4 Å². The Labute approximate surface area is 552 Å². The summed E-state index contributed by atoms with van der Waals surface area (Å²) >= 11 is 0. The van der Waals surface area contributed by atoms with Crippen molar-refractivity contribution in [3.05, 3.63) is 200 Å². The second-order valence-corrected chi connectivity index (χ2v) is 24.1. The molecule has 0 spiro atoms. The zero-order chi connectivity index (χ0) is 66.2. The standard InChI is InChI=1S/C25H27N7.2C24H24FN7/c1-4-17(3)32-15-29-22-24(27-10-9-18-14-28-21-8-6-5-7-20(18)21)30-23(31-25(22)32)19-11-16(2)12-26-13-19;2*1-3-15(2)32-14-29-21-23(27-9-8-16-12-28-20-7-5-4-6-19(16)20)30-22(31-24(21)32)17-10-18(25)13-26-11-17/h5-8,11-15,17,28H,4,9-10H2,1-3H3,(H,27,30,31);2*4-7,10-15,28H,3,8-9H2,1-2H3,(H,27,30,31)/t17-;15-;/m10./s1. The number of nitrogens with zero attached hydrogens (tertiary/aromatic N) is 15. The molecule has 23 heteroatoms. The van der Waals surface area contributed by atoms with Crippen LogP contribution in [0.5, 0.6) is 0 Å². The SMILES string of the molecule is CCC(C)n1cnc2c(NCCc3c[nH]c4ccccc34)nc(-c3cncc(F)c3)nc21.CC[C@@H](C)n1cnc2c(NCCc3c[nH]c4ccccc34)nc(-c3cncc(C)c3)nc21.CC[C@H](C)n1cnc2c(NCCc3c[nH]c4ccccc34)nc(-c3cncc(F)c3)nc21. The molecule has 0 saturated carbocycles. The quantitative estimate of drug-likeness (QED) is 0.0391. The number of nitrogens with one attached hydrogen (secondary N) is 6. The van der Waals surface area contributed by atoms with Gasteiger partial charge in [0.05, 0.1) is 31.4 Å². The van der Waals surface area contributed by atoms with Crippen molar-refractivity contribution in [2.75, 3.05) is 35.6 Å². The number of hydrogen-bond acceptors (Lipinski definition) is 15. The van der Waals surface area contributed by atoms with E-state index in [1.165, 1.54) is 57.4 Å². The van der Waals surface area contributed by atoms with E-state index in [9.17, 15) is 8.78 Å². The predicted octanol–water partition coefficient (Wildman–Crippen LogP) is 15.6. The van der Waals surface area contributed by atoms with Crippen LogP contribution in [0.15, 0.2) is 166 Å². The summed E-state index contributed by atoms with van der Waals surface area (Å²) in [6.07, 6.45) is 26.2. The first-order chi connectivity index (χ1) is 46.9. The van der Waals surface area contributed by atoms with Gasteiger partial charge in [-0.15, -0.1) is 0 Å². The number of pyridine rings is 3. The van der Waals surface area contributed by atoms with Crippen LogP contribution < -0.4 is 16.0 Å². The van der Waals surface area contributed by atoms with Crippen molar-refractivity contribution < 1.29 is 8.78 Å². The molecule has 0 bridgehead atoms. The zero-order valence-electron chi connectivity index (χ0n) is 54.6. The van der Waals surface area contributed by atoms with Gasteiger partial charge in [-0.25, -0.2) is 53.6 Å². The third-order valence-electron chi connectivity index (χ3n) is 17.6. The maximum Gasteiger partial charge on any atom is 0.166 e. The van der Waals surface area contributed by atoms with E-state index < -0.39 is 11.6 Å². The number of benzene rings is 3. The molecule has 12 heterocycles. The Morgan fingerprint density at radius 2 is 0.740 bits per heavy atom. The normalized spacial score (nSPS) is 12.5. The first-order valence-electron chi connectivity index (χ1n) is 32.7. The van der Waals surface area contributed by atoms with E-state index >= 15 is 0 Å². The Kier molecular flexibility index (Phi) is 18.8. The molecule has 6 N–H and O–H groups in total. The Balaban J connectivity index is 0.000000130. The lowest BCUT2D eigenvalue weighted by atomic mass is 10.1. The number of H-pyrrole nitrogens is 3. The summed E-state index contributed by atoms with van der Waals surface area (Å²) in [6, 6.07) is 30.5. The molecular weight excluding hydrogens is 1210 g/mol. The molecule has 15 rings (SSSR count). The van der Waals surface area contributed by atoms with Gasteiger partial charge in [0, 0.05) is 131 Å². The average molecular weight is 1280 g/mol. The molecule has 12 aromatic heterocycles. The van der Waals surface area contributed by atoms with E-state index in [-0.39, 0.29) is 12.1 Å². The van der Waals surface area contributed by atoms with Crippen molar-refractivity contribution >= 4 is 83.7 Å². The van der Waals surface area contributed by atoms with Gasteiger partial charge in [-0.05, 0) is 125 Å². The molecule has 3 aromatic carbocycles. The number of anilines is 3. The van der Waals surface area contributed by atoms with Crippen LogP contribution in [0, 0.1) is 18.6 Å². The summed E-state index contributed by atoms with van der Waals surface area (Å²) < 4.78 is 33.8. The monoisotopic (exact) mass is 1280 g/mol. The number of fused-ring (bicyclic) bond motifs is 6. The fraction of sp³-hybridized carbons (Fsp3) is 0.260. The first-order valence-corrected chi connectivity index (χ1v) is 32.7. The average Bonchev–Trinajstić information content (AvgIpc) is 1.59. The molecule has 0 saturated heterocycles. The van der Waals surface area contributed by atoms with Gasteiger partial charge in [0.2, 0.25) is 0 Å². The summed E-state index contributed by atoms with van der Waals surface area (Å²) in [6.45, 7) is 17.0. The van der Waals surface area contributed by atoms with Gasteiger partial charge in [-0.2, -0.15) is 0 Å². The van der Waals surface area contributed by atoms with Gasteiger partial charge in [0.15, 0.2) is 51.9 Å². The molecule has 0 fully saturated rings. The lowest BCUT2D eigenvalue weighted by Gasteiger charge is -2.13. The Morgan fingerprint density at radius 3 is 1.06 bits per heavy atom. The lowest BCUT2D eigenvalue weighted by Crippen LogP contribution is -2.09. The van der Waals surface area contributed by atoms with Crippen molar-refractivity contribution in [3.63, 3.8) is 0 Å². The van der Waals surface area contributed by atoms with Crippen LogP contribution in [-0.2, 0) is 19.3 Å². The summed E-state index contributed by atoms with van der Waals surface area (Å²) in [7, 11) is 0. The molecular formula is C73H75F2N21. The number of rotatable bonds is 21. The maximum atomic E-state index is 13.8. The highest BCUT2D eigenvalue weighted by Gasteiger charge is 2.22. The van der Waals surface area contributed by atoms with Gasteiger partial charge in [0.25, 0.3) is 0 Å². The molecule has 0 aliphatic carbocycles. The molecule has 3 atom stereocenters. The molecule has 15 aromatic rings. The van der Waals surface area contributed by atoms with Gasteiger partial charge in [0.1, 0.15) is 28.2 Å². The number of aryl methyl sites for hydroxylation is 1. The molecule has 1 unspecified atom stereocenters. The molecule has 0 aliphatic rings. The van der Waals surface area contributed by atoms with E-state index in [0.717, 1.165) is 101 Å². The smallest absolute Gasteiger partial charge is 0.166 e. The minimum atomic E-state index is -0.421. The number of halogens is 2. The minimum absolute atomic E-state index is 0.229. The van der Waals surface area contributed by atoms with Crippen molar-refractivity contribution in [3.8, 4) is 34.2 Å². The Morgan fingerprint density at radius 1 is 0.417 bits per heavy atom. The van der Waals surface area contributed by atoms with E-state index in [4.69, 9.17) is 19.9 Å². The fourth-order valence-electron chi connectivity index (χ4n) is 11.8. The predicted molar refractivity (Wildman–Crippen MR) is 377 cm³/mol. The highest BCUT2D eigenvalue weighted by molar-refractivity contribution is 5.89. The van der Waals surface area contributed by atoms with Crippen LogP contribution in [0.1, 0.15) is 101 Å². The first kappa shape index (κ1) is 63.4. The highest BCUT2D eigenvalue weighted by atomic mass is 19.1. The second-order valence-electron chi connectivity index (χ2n) is 24.1. The van der Waals surface area contributed by atoms with E-state index in [1.54, 1.807) is 25.0 Å². The second kappa shape index (κ2) is 28.5. The van der Waals surface area contributed by atoms with Gasteiger partial charge >= 0.3 is 0 Å². The largest absolute Gasteiger partial charge is 0.368 e. The number of para-hydroxylation sites is 3. The highest BCUT2D eigenvalue weighted by Crippen LogP contribution is 2.32. The van der Waals surface area contributed by atoms with Crippen molar-refractivity contribution in [1.82, 2.24) is 88.5 Å². The van der Waals surface area contributed by atoms with Crippen LogP contribution in [-0.4, -0.2) is 108 Å². The van der Waals surface area contributed by atoms with E-state index in [0.29, 0.717) is 70.4 Å². The summed E-state index contributed by atoms with van der Waals surface area (Å²) in [5, 5.41) is 14.1. The van der Waals surface area contributed by atoms with Crippen molar-refractivity contribution in [1.29, 1.82) is 0 Å². The van der Waals surface area contributed by atoms with Crippen molar-refractivity contribution in [2.45, 2.75) is 105 Å². The summed E-state index contributed by atoms with van der Waals surface area (Å²) in [5.74, 6) is 2.69. The summed E-state index contributed by atoms with van der Waals surface area (Å²) in [4.78, 5) is 64.6. The molecule has 486 valence electrons. The molecule has 0 aliphatic heterocycles. The van der Waals surface area contributed by atoms with Crippen LogP contribution in [0.2, 0.25) is 0 Å². The number of hydrogen-bond donors (Lipinski definition) is 6. The van der Waals surface area contributed by atoms with Crippen LogP contribution >= 0.6 is 0 Å². The third-order valence-corrected chi connectivity index (χ3v) is 17.6. The minimum Gasteiger partial charge on any atom is -0.368 e. The Hall–Kier alpha value is -11.4. The van der Waals surface area contributed by atoms with Gasteiger partial charge in [-0.3, -0.25) is 15.0 Å². The maximum absolute atomic E-state index is 13.8. The topological polar surface area (TPSA) is 253 Å². The molecule has 0 radical (unpaired) electrons. The molecule has 0 amide bonds. The number of aromatic amines is 3. The lowest BCUT2D eigenvalue weighted by molar-refractivity contribution is 0.541. The fourth-order valence-corrected chi connectivity index (χ4v) is 11.8. The number of aromatic nitrogens is 18.